The number of hydrogen-bond donors (Lipinski definition) is 1. The van der Waals surface area contributed by atoms with E-state index in [1.54, 1.807) is 0 Å². The van der Waals surface area contributed by atoms with E-state index in [9.17, 15) is 0 Å². The third-order valence-corrected chi connectivity index (χ3v) is 4.43. The quantitative estimate of drug-likeness (QED) is 0.926. The summed E-state index contributed by atoms with van der Waals surface area (Å²) in [6.07, 6.45) is 4.60. The minimum absolute atomic E-state index is 0.546. The molecule has 3 rings (SSSR count). The van der Waals surface area contributed by atoms with Crippen molar-refractivity contribution < 1.29 is 0 Å². The predicted octanol–water partition coefficient (Wildman–Crippen LogP) is 1.58. The molecule has 1 aliphatic rings. The van der Waals surface area contributed by atoms with Crippen molar-refractivity contribution in [1.29, 1.82) is 0 Å². The Kier molecular flexibility index (Phi) is 4.12. The predicted molar refractivity (Wildman–Crippen MR) is 86.9 cm³/mol. The fraction of sp³-hybridized carbons (Fsp3) is 0.562. The summed E-state index contributed by atoms with van der Waals surface area (Å²) in [7, 11) is 6.38. The highest BCUT2D eigenvalue weighted by molar-refractivity contribution is 5.56. The Morgan fingerprint density at radius 2 is 2.29 bits per heavy atom. The van der Waals surface area contributed by atoms with Gasteiger partial charge in [-0.3, -0.25) is 0 Å². The van der Waals surface area contributed by atoms with E-state index in [1.807, 2.05) is 13.1 Å². The molecule has 0 bridgehead atoms. The molecule has 1 atom stereocenters. The van der Waals surface area contributed by atoms with Crippen LogP contribution in [0.4, 0.5) is 5.82 Å². The Labute approximate surface area is 126 Å². The van der Waals surface area contributed by atoms with Crippen molar-refractivity contribution in [2.75, 3.05) is 39.1 Å². The molecule has 1 saturated heterocycles. The van der Waals surface area contributed by atoms with E-state index < -0.39 is 0 Å². The number of nitrogens with zero attached hydrogens (tertiary/aromatic N) is 4. The van der Waals surface area contributed by atoms with E-state index in [0.29, 0.717) is 6.04 Å². The highest BCUT2D eigenvalue weighted by Crippen LogP contribution is 2.25. The molecule has 3 heterocycles. The lowest BCUT2D eigenvalue weighted by molar-refractivity contribution is 0.247. The van der Waals surface area contributed by atoms with Gasteiger partial charge < -0.3 is 19.5 Å². The normalized spacial score (nSPS) is 20.0. The molecule has 0 aliphatic carbocycles. The zero-order chi connectivity index (χ0) is 14.8. The van der Waals surface area contributed by atoms with Gasteiger partial charge in [0.2, 0.25) is 0 Å². The van der Waals surface area contributed by atoms with Crippen LogP contribution >= 0.6 is 0 Å². The molecule has 1 aliphatic heterocycles. The number of hydrogen-bond acceptors (Lipinski definition) is 4. The second kappa shape index (κ2) is 6.03. The number of likely N-dealkylation sites (tertiary alicyclic amines) is 1. The summed E-state index contributed by atoms with van der Waals surface area (Å²) in [5.41, 5.74) is 2.26. The van der Waals surface area contributed by atoms with Crippen molar-refractivity contribution >= 4 is 11.5 Å². The summed E-state index contributed by atoms with van der Waals surface area (Å²) in [5, 5.41) is 3.27. The third-order valence-electron chi connectivity index (χ3n) is 4.43. The summed E-state index contributed by atoms with van der Waals surface area (Å²) >= 11 is 0. The molecule has 5 nitrogen and oxygen atoms in total. The summed E-state index contributed by atoms with van der Waals surface area (Å²) in [4.78, 5) is 9.65. The zero-order valence-electron chi connectivity index (χ0n) is 13.2. The van der Waals surface area contributed by atoms with E-state index in [1.165, 1.54) is 25.1 Å². The minimum Gasteiger partial charge on any atom is -0.354 e. The van der Waals surface area contributed by atoms with Crippen LogP contribution in [0.2, 0.25) is 0 Å². The van der Waals surface area contributed by atoms with E-state index in [-0.39, 0.29) is 0 Å². The Hall–Kier alpha value is -1.59. The molecule has 2 aromatic heterocycles. The summed E-state index contributed by atoms with van der Waals surface area (Å²) in [6.45, 7) is 3.15. The van der Waals surface area contributed by atoms with Gasteiger partial charge in [0.1, 0.15) is 5.65 Å². The highest BCUT2D eigenvalue weighted by Gasteiger charge is 2.25. The number of anilines is 1. The Bertz CT molecular complexity index is 606. The Morgan fingerprint density at radius 1 is 1.43 bits per heavy atom. The Morgan fingerprint density at radius 3 is 3.05 bits per heavy atom. The van der Waals surface area contributed by atoms with Gasteiger partial charge in [-0.15, -0.1) is 0 Å². The van der Waals surface area contributed by atoms with Crippen molar-refractivity contribution in [2.24, 2.45) is 0 Å². The average Bonchev–Trinajstić information content (AvgIpc) is 2.86. The summed E-state index contributed by atoms with van der Waals surface area (Å²) in [5.74, 6) is 1.11. The number of aromatic nitrogens is 2. The first-order valence-electron chi connectivity index (χ1n) is 7.72. The van der Waals surface area contributed by atoms with Gasteiger partial charge in [0.05, 0.1) is 5.69 Å². The lowest BCUT2D eigenvalue weighted by atomic mass is 10.1. The van der Waals surface area contributed by atoms with E-state index >= 15 is 0 Å². The van der Waals surface area contributed by atoms with Crippen LogP contribution in [0.3, 0.4) is 0 Å². The molecule has 0 spiro atoms. The standard InChI is InChI=1S/C16H25N5/c1-17-11-14-16(18-15-8-4-5-10-21(14)15)20(3)13-7-6-9-19(2)12-13/h4-5,8,10,13,17H,6-7,9,11-12H2,1-3H3. The largest absolute Gasteiger partial charge is 0.354 e. The molecule has 1 unspecified atom stereocenters. The second-order valence-corrected chi connectivity index (χ2v) is 6.01. The molecule has 0 aromatic carbocycles. The minimum atomic E-state index is 0.546. The van der Waals surface area contributed by atoms with Crippen LogP contribution in [0.15, 0.2) is 24.4 Å². The highest BCUT2D eigenvalue weighted by atomic mass is 15.3. The van der Waals surface area contributed by atoms with Crippen LogP contribution in [-0.2, 0) is 6.54 Å². The van der Waals surface area contributed by atoms with Crippen molar-refractivity contribution in [3.8, 4) is 0 Å². The number of rotatable bonds is 4. The fourth-order valence-electron chi connectivity index (χ4n) is 3.28. The maximum absolute atomic E-state index is 4.86. The van der Waals surface area contributed by atoms with Crippen molar-refractivity contribution in [3.05, 3.63) is 30.1 Å². The molecular formula is C16H25N5. The smallest absolute Gasteiger partial charge is 0.152 e. The number of fused-ring (bicyclic) bond motifs is 1. The van der Waals surface area contributed by atoms with Crippen LogP contribution < -0.4 is 10.2 Å². The van der Waals surface area contributed by atoms with Gasteiger partial charge >= 0.3 is 0 Å². The maximum Gasteiger partial charge on any atom is 0.152 e. The van der Waals surface area contributed by atoms with Gasteiger partial charge in [0, 0.05) is 32.4 Å². The van der Waals surface area contributed by atoms with E-state index in [0.717, 1.165) is 24.6 Å². The Balaban J connectivity index is 1.96. The van der Waals surface area contributed by atoms with Gasteiger partial charge in [0.15, 0.2) is 5.82 Å². The van der Waals surface area contributed by atoms with Crippen molar-refractivity contribution in [3.63, 3.8) is 0 Å². The van der Waals surface area contributed by atoms with Gasteiger partial charge in [-0.05, 0) is 45.6 Å². The molecule has 1 N–H and O–H groups in total. The molecule has 2 aromatic rings. The molecule has 5 heteroatoms. The topological polar surface area (TPSA) is 35.8 Å². The average molecular weight is 287 g/mol. The van der Waals surface area contributed by atoms with Crippen LogP contribution in [0.5, 0.6) is 0 Å². The van der Waals surface area contributed by atoms with Crippen LogP contribution in [-0.4, -0.2) is 54.6 Å². The SMILES string of the molecule is CNCc1c(N(C)C2CCCN(C)C2)nc2ccccn12. The molecular weight excluding hydrogens is 262 g/mol. The van der Waals surface area contributed by atoms with Crippen molar-refractivity contribution in [1.82, 2.24) is 19.6 Å². The van der Waals surface area contributed by atoms with Gasteiger partial charge in [0.25, 0.3) is 0 Å². The molecule has 0 amide bonds. The lowest BCUT2D eigenvalue weighted by Gasteiger charge is -2.36. The van der Waals surface area contributed by atoms with Gasteiger partial charge in [-0.25, -0.2) is 4.98 Å². The second-order valence-electron chi connectivity index (χ2n) is 6.01. The number of imidazole rings is 1. The van der Waals surface area contributed by atoms with Crippen LogP contribution in [0.25, 0.3) is 5.65 Å². The van der Waals surface area contributed by atoms with Gasteiger partial charge in [-0.1, -0.05) is 6.07 Å². The van der Waals surface area contributed by atoms with E-state index in [4.69, 9.17) is 4.98 Å². The molecule has 21 heavy (non-hydrogen) atoms. The molecule has 1 fully saturated rings. The van der Waals surface area contributed by atoms with Crippen molar-refractivity contribution in [2.45, 2.75) is 25.4 Å². The number of pyridine rings is 1. The summed E-state index contributed by atoms with van der Waals surface area (Å²) < 4.78 is 2.19. The van der Waals surface area contributed by atoms with E-state index in [2.05, 4.69) is 51.9 Å². The van der Waals surface area contributed by atoms with Crippen LogP contribution in [0, 0.1) is 0 Å². The zero-order valence-corrected chi connectivity index (χ0v) is 13.2. The molecule has 0 radical (unpaired) electrons. The van der Waals surface area contributed by atoms with Gasteiger partial charge in [-0.2, -0.15) is 0 Å². The maximum atomic E-state index is 4.86. The lowest BCUT2D eigenvalue weighted by Crippen LogP contribution is -2.45. The first kappa shape index (κ1) is 14.4. The number of nitrogens with one attached hydrogen (secondary N) is 1. The van der Waals surface area contributed by atoms with Crippen LogP contribution in [0.1, 0.15) is 18.5 Å². The number of likely N-dealkylation sites (N-methyl/N-ethyl adjacent to an activating group) is 2. The third kappa shape index (κ3) is 2.76. The monoisotopic (exact) mass is 287 g/mol. The first-order valence-corrected chi connectivity index (χ1v) is 7.72. The number of piperidine rings is 1. The first-order chi connectivity index (χ1) is 10.2. The molecule has 0 saturated carbocycles. The molecule has 114 valence electrons. The fourth-order valence-corrected chi connectivity index (χ4v) is 3.28. The summed E-state index contributed by atoms with van der Waals surface area (Å²) in [6, 6.07) is 6.73.